The molecule has 0 aromatic carbocycles. The molecule has 0 saturated carbocycles. The highest BCUT2D eigenvalue weighted by atomic mass is 16.5. The van der Waals surface area contributed by atoms with E-state index in [-0.39, 0.29) is 5.56 Å². The number of hydrogen-bond acceptors (Lipinski definition) is 3. The lowest BCUT2D eigenvalue weighted by molar-refractivity contribution is 0.0692. The van der Waals surface area contributed by atoms with E-state index in [1.165, 1.54) is 6.20 Å². The smallest absolute Gasteiger partial charge is 0.339 e. The number of carbonyl (C=O) groups is 1. The van der Waals surface area contributed by atoms with Crippen molar-refractivity contribution >= 4 is 5.97 Å². The van der Waals surface area contributed by atoms with Gasteiger partial charge < -0.3 is 9.84 Å². The zero-order valence-corrected chi connectivity index (χ0v) is 8.28. The van der Waals surface area contributed by atoms with Gasteiger partial charge in [0.1, 0.15) is 5.56 Å². The minimum Gasteiger partial charge on any atom is -0.491 e. The van der Waals surface area contributed by atoms with Crippen molar-refractivity contribution in [2.75, 3.05) is 6.61 Å². The normalized spacial score (nSPS) is 9.86. The highest BCUT2D eigenvalue weighted by Crippen LogP contribution is 2.18. The molecule has 1 heterocycles. The molecule has 1 rings (SSSR count). The summed E-state index contributed by atoms with van der Waals surface area (Å²) in [5.41, 5.74) is 0.935. The number of carboxylic acids is 1. The Balaban J connectivity index is 3.10. The fraction of sp³-hybridized carbons (Fsp3) is 0.400. The van der Waals surface area contributed by atoms with E-state index >= 15 is 0 Å². The molecule has 0 fully saturated rings. The van der Waals surface area contributed by atoms with Crippen LogP contribution in [0.5, 0.6) is 5.75 Å². The molecule has 0 aliphatic rings. The third kappa shape index (κ3) is 2.22. The molecule has 4 nitrogen and oxygen atoms in total. The predicted octanol–water partition coefficient (Wildman–Crippen LogP) is 1.74. The second-order valence-electron chi connectivity index (χ2n) is 2.76. The Labute approximate surface area is 82.5 Å². The zero-order chi connectivity index (χ0) is 10.6. The molecule has 0 aliphatic carbocycles. The van der Waals surface area contributed by atoms with Gasteiger partial charge in [0.2, 0.25) is 0 Å². The number of hydrogen-bond donors (Lipinski definition) is 1. The SMILES string of the molecule is CCOc1cnc(CC)cc1C(=O)O. The summed E-state index contributed by atoms with van der Waals surface area (Å²) in [4.78, 5) is 14.9. The molecule has 1 aromatic rings. The summed E-state index contributed by atoms with van der Waals surface area (Å²) in [6.07, 6.45) is 2.18. The lowest BCUT2D eigenvalue weighted by atomic mass is 10.2. The van der Waals surface area contributed by atoms with Crippen molar-refractivity contribution in [3.8, 4) is 5.75 Å². The highest BCUT2D eigenvalue weighted by Gasteiger charge is 2.12. The van der Waals surface area contributed by atoms with Crippen LogP contribution in [0, 0.1) is 0 Å². The molecule has 0 unspecified atom stereocenters. The van der Waals surface area contributed by atoms with Crippen molar-refractivity contribution < 1.29 is 14.6 Å². The van der Waals surface area contributed by atoms with Gasteiger partial charge in [0.05, 0.1) is 12.8 Å². The Hall–Kier alpha value is -1.58. The largest absolute Gasteiger partial charge is 0.491 e. The average Bonchev–Trinajstić information content (AvgIpc) is 2.18. The predicted molar refractivity (Wildman–Crippen MR) is 51.7 cm³/mol. The number of aromatic carboxylic acids is 1. The first-order chi connectivity index (χ1) is 6.69. The van der Waals surface area contributed by atoms with Crippen LogP contribution < -0.4 is 4.74 Å². The van der Waals surface area contributed by atoms with Gasteiger partial charge in [0.25, 0.3) is 0 Å². The Morgan fingerprint density at radius 2 is 2.29 bits per heavy atom. The molecule has 0 aliphatic heterocycles. The van der Waals surface area contributed by atoms with Gasteiger partial charge in [-0.2, -0.15) is 0 Å². The standard InChI is InChI=1S/C10H13NO3/c1-3-7-5-8(10(12)13)9(6-11-7)14-4-2/h5-6H,3-4H2,1-2H3,(H,12,13). The quantitative estimate of drug-likeness (QED) is 0.795. The summed E-state index contributed by atoms with van der Waals surface area (Å²) >= 11 is 0. The molecule has 14 heavy (non-hydrogen) atoms. The van der Waals surface area contributed by atoms with Gasteiger partial charge >= 0.3 is 5.97 Å². The first-order valence-corrected chi connectivity index (χ1v) is 4.54. The van der Waals surface area contributed by atoms with Crippen LogP contribution in [0.1, 0.15) is 29.9 Å². The second kappa shape index (κ2) is 4.60. The minimum absolute atomic E-state index is 0.179. The molecule has 1 N–H and O–H groups in total. The number of ether oxygens (including phenoxy) is 1. The Bertz CT molecular complexity index is 336. The van der Waals surface area contributed by atoms with Crippen LogP contribution in [0.25, 0.3) is 0 Å². The van der Waals surface area contributed by atoms with Gasteiger partial charge in [0, 0.05) is 5.69 Å². The maximum absolute atomic E-state index is 10.9. The van der Waals surface area contributed by atoms with Crippen LogP contribution in [0.3, 0.4) is 0 Å². The summed E-state index contributed by atoms with van der Waals surface area (Å²) in [6.45, 7) is 4.17. The molecule has 0 radical (unpaired) electrons. The van der Waals surface area contributed by atoms with E-state index in [4.69, 9.17) is 9.84 Å². The van der Waals surface area contributed by atoms with E-state index < -0.39 is 5.97 Å². The monoisotopic (exact) mass is 195 g/mol. The van der Waals surface area contributed by atoms with Crippen LogP contribution in [-0.2, 0) is 6.42 Å². The van der Waals surface area contributed by atoms with Crippen LogP contribution in [-0.4, -0.2) is 22.7 Å². The number of nitrogens with zero attached hydrogens (tertiary/aromatic N) is 1. The number of aryl methyl sites for hydroxylation is 1. The fourth-order valence-electron chi connectivity index (χ4n) is 1.12. The van der Waals surface area contributed by atoms with Crippen molar-refractivity contribution in [1.82, 2.24) is 4.98 Å². The molecular formula is C10H13NO3. The Kier molecular flexibility index (Phi) is 3.45. The van der Waals surface area contributed by atoms with Crippen molar-refractivity contribution in [2.45, 2.75) is 20.3 Å². The van der Waals surface area contributed by atoms with E-state index in [1.54, 1.807) is 13.0 Å². The van der Waals surface area contributed by atoms with E-state index in [1.807, 2.05) is 6.92 Å². The van der Waals surface area contributed by atoms with Crippen LogP contribution in [0.4, 0.5) is 0 Å². The maximum atomic E-state index is 10.9. The molecule has 0 saturated heterocycles. The number of aromatic nitrogens is 1. The number of pyridine rings is 1. The summed E-state index contributed by atoms with van der Waals surface area (Å²) in [7, 11) is 0. The first kappa shape index (κ1) is 10.5. The second-order valence-corrected chi connectivity index (χ2v) is 2.76. The Morgan fingerprint density at radius 1 is 1.57 bits per heavy atom. The van der Waals surface area contributed by atoms with Crippen LogP contribution in [0.2, 0.25) is 0 Å². The summed E-state index contributed by atoms with van der Waals surface area (Å²) in [6, 6.07) is 1.55. The number of rotatable bonds is 4. The van der Waals surface area contributed by atoms with Gasteiger partial charge in [-0.1, -0.05) is 6.92 Å². The molecule has 76 valence electrons. The van der Waals surface area contributed by atoms with Crippen molar-refractivity contribution in [3.63, 3.8) is 0 Å². The average molecular weight is 195 g/mol. The molecular weight excluding hydrogens is 182 g/mol. The summed E-state index contributed by atoms with van der Waals surface area (Å²) in [5, 5.41) is 8.90. The molecule has 0 bridgehead atoms. The lowest BCUT2D eigenvalue weighted by Crippen LogP contribution is -2.05. The minimum atomic E-state index is -0.981. The highest BCUT2D eigenvalue weighted by molar-refractivity contribution is 5.90. The third-order valence-corrected chi connectivity index (χ3v) is 1.82. The third-order valence-electron chi connectivity index (χ3n) is 1.82. The van der Waals surface area contributed by atoms with E-state index in [0.29, 0.717) is 18.8 Å². The van der Waals surface area contributed by atoms with Gasteiger partial charge in [-0.25, -0.2) is 4.79 Å². The maximum Gasteiger partial charge on any atom is 0.339 e. The summed E-state index contributed by atoms with van der Waals surface area (Å²) in [5.74, 6) is -0.650. The van der Waals surface area contributed by atoms with Crippen molar-refractivity contribution in [1.29, 1.82) is 0 Å². The van der Waals surface area contributed by atoms with Crippen LogP contribution >= 0.6 is 0 Å². The summed E-state index contributed by atoms with van der Waals surface area (Å²) < 4.78 is 5.15. The van der Waals surface area contributed by atoms with Gasteiger partial charge in [-0.3, -0.25) is 4.98 Å². The van der Waals surface area contributed by atoms with Gasteiger partial charge in [-0.05, 0) is 19.4 Å². The van der Waals surface area contributed by atoms with E-state index in [9.17, 15) is 4.79 Å². The molecule has 0 atom stereocenters. The molecule has 1 aromatic heterocycles. The van der Waals surface area contributed by atoms with Crippen molar-refractivity contribution in [2.24, 2.45) is 0 Å². The molecule has 0 spiro atoms. The van der Waals surface area contributed by atoms with Gasteiger partial charge in [0.15, 0.2) is 5.75 Å². The Morgan fingerprint density at radius 3 is 2.79 bits per heavy atom. The van der Waals surface area contributed by atoms with E-state index in [2.05, 4.69) is 4.98 Å². The molecule has 0 amide bonds. The molecule has 4 heteroatoms. The lowest BCUT2D eigenvalue weighted by Gasteiger charge is -2.07. The topological polar surface area (TPSA) is 59.4 Å². The fourth-order valence-corrected chi connectivity index (χ4v) is 1.12. The number of carboxylic acid groups (broad SMARTS) is 1. The van der Waals surface area contributed by atoms with Crippen LogP contribution in [0.15, 0.2) is 12.3 Å². The first-order valence-electron chi connectivity index (χ1n) is 4.54. The van der Waals surface area contributed by atoms with Gasteiger partial charge in [-0.15, -0.1) is 0 Å². The zero-order valence-electron chi connectivity index (χ0n) is 8.28. The van der Waals surface area contributed by atoms with Crippen molar-refractivity contribution in [3.05, 3.63) is 23.5 Å². The van der Waals surface area contributed by atoms with E-state index in [0.717, 1.165) is 5.69 Å².